The van der Waals surface area contributed by atoms with Gasteiger partial charge in [0.15, 0.2) is 5.41 Å². The van der Waals surface area contributed by atoms with Crippen molar-refractivity contribution in [1.29, 1.82) is 0 Å². The molecule has 6 nitrogen and oxygen atoms in total. The topological polar surface area (TPSA) is 59.1 Å². The van der Waals surface area contributed by atoms with E-state index in [-0.39, 0.29) is 60.3 Å². The van der Waals surface area contributed by atoms with Crippen LogP contribution in [0.4, 0.5) is 0 Å². The van der Waals surface area contributed by atoms with Crippen LogP contribution in [0, 0.1) is 5.41 Å². The SMILES string of the molecule is CC(COC(=O)C(Cc1ccccc1)(Cc1ccccc1)C(=O)OCC(C)N1C(C)(C)CCCC1(C)C)N1C(C)(C)CCCC1(C)C. The second-order valence-corrected chi connectivity index (χ2v) is 17.0. The number of rotatable bonds is 12. The molecule has 2 aliphatic rings. The highest BCUT2D eigenvalue weighted by molar-refractivity contribution is 6.00. The Morgan fingerprint density at radius 1 is 0.596 bits per heavy atom. The number of benzene rings is 2. The molecule has 0 N–H and O–H groups in total. The lowest BCUT2D eigenvalue weighted by Gasteiger charge is -2.55. The summed E-state index contributed by atoms with van der Waals surface area (Å²) in [5.74, 6) is -1.03. The van der Waals surface area contributed by atoms with Crippen LogP contribution >= 0.6 is 0 Å². The third-order valence-corrected chi connectivity index (χ3v) is 11.0. The zero-order valence-electron chi connectivity index (χ0n) is 31.0. The Labute approximate surface area is 285 Å². The van der Waals surface area contributed by atoms with E-state index in [9.17, 15) is 9.59 Å². The largest absolute Gasteiger partial charge is 0.463 e. The maximum atomic E-state index is 14.6. The first kappa shape index (κ1) is 37.1. The number of carbonyl (C=O) groups is 2. The van der Waals surface area contributed by atoms with Crippen molar-refractivity contribution in [2.45, 2.75) is 155 Å². The molecular weight excluding hydrogens is 584 g/mol. The summed E-state index contributed by atoms with van der Waals surface area (Å²) in [4.78, 5) is 34.3. The van der Waals surface area contributed by atoms with Crippen LogP contribution in [0.15, 0.2) is 60.7 Å². The van der Waals surface area contributed by atoms with E-state index in [1.54, 1.807) is 0 Å². The molecule has 2 aromatic carbocycles. The van der Waals surface area contributed by atoms with Crippen LogP contribution in [0.25, 0.3) is 0 Å². The van der Waals surface area contributed by atoms with Crippen LogP contribution in [0.1, 0.15) is 119 Å². The van der Waals surface area contributed by atoms with E-state index >= 15 is 0 Å². The highest BCUT2D eigenvalue weighted by Crippen LogP contribution is 2.42. The van der Waals surface area contributed by atoms with Crippen molar-refractivity contribution in [3.05, 3.63) is 71.8 Å². The molecule has 0 aromatic heterocycles. The van der Waals surface area contributed by atoms with Gasteiger partial charge in [-0.05, 0) is 132 Å². The second kappa shape index (κ2) is 14.4. The van der Waals surface area contributed by atoms with Gasteiger partial charge in [0.05, 0.1) is 0 Å². The van der Waals surface area contributed by atoms with Gasteiger partial charge in [-0.3, -0.25) is 19.4 Å². The summed E-state index contributed by atoms with van der Waals surface area (Å²) in [5.41, 5.74) is 0.161. The van der Waals surface area contributed by atoms with Crippen LogP contribution in [0.3, 0.4) is 0 Å². The van der Waals surface area contributed by atoms with Crippen molar-refractivity contribution >= 4 is 11.9 Å². The molecule has 2 aliphatic heterocycles. The maximum Gasteiger partial charge on any atom is 0.324 e. The molecule has 6 heteroatoms. The molecule has 0 radical (unpaired) electrons. The molecule has 2 fully saturated rings. The zero-order chi connectivity index (χ0) is 34.7. The normalized spacial score (nSPS) is 22.2. The number of likely N-dealkylation sites (tertiary alicyclic amines) is 2. The predicted octanol–water partition coefficient (Wildman–Crippen LogP) is 8.41. The van der Waals surface area contributed by atoms with Gasteiger partial charge in [-0.1, -0.05) is 60.7 Å². The fourth-order valence-corrected chi connectivity index (χ4v) is 9.56. The Kier molecular flexibility index (Phi) is 11.4. The number of piperidine rings is 2. The fourth-order valence-electron chi connectivity index (χ4n) is 9.56. The molecule has 260 valence electrons. The zero-order valence-corrected chi connectivity index (χ0v) is 31.0. The van der Waals surface area contributed by atoms with E-state index in [1.807, 2.05) is 60.7 Å². The lowest BCUT2D eigenvalue weighted by Crippen LogP contribution is -2.63. The first-order chi connectivity index (χ1) is 21.9. The van der Waals surface area contributed by atoms with E-state index in [1.165, 1.54) is 12.8 Å². The summed E-state index contributed by atoms with van der Waals surface area (Å²) in [5, 5.41) is 0. The summed E-state index contributed by atoms with van der Waals surface area (Å²) >= 11 is 0. The van der Waals surface area contributed by atoms with Gasteiger partial charge in [0.1, 0.15) is 13.2 Å². The molecule has 2 saturated heterocycles. The molecule has 2 heterocycles. The molecule has 0 spiro atoms. The first-order valence-electron chi connectivity index (χ1n) is 17.9. The Balaban J connectivity index is 1.65. The average Bonchev–Trinajstić information content (AvgIpc) is 2.97. The standard InChI is InChI=1S/C41H62N2O4/c1-31(42-37(3,4)23-17-24-38(42,5)6)29-46-35(44)41(27-33-19-13-11-14-20-33,28-34-21-15-12-16-22-34)36(45)47-30-32(2)43-39(7,8)25-18-26-40(43,9)10/h11-16,19-22,31-32H,17-18,23-30H2,1-10H3. The van der Waals surface area contributed by atoms with Gasteiger partial charge < -0.3 is 9.47 Å². The Morgan fingerprint density at radius 3 is 1.19 bits per heavy atom. The van der Waals surface area contributed by atoms with Gasteiger partial charge in [0.2, 0.25) is 0 Å². The van der Waals surface area contributed by atoms with Crippen molar-refractivity contribution < 1.29 is 19.1 Å². The number of carbonyl (C=O) groups excluding carboxylic acids is 2. The minimum absolute atomic E-state index is 0.0185. The van der Waals surface area contributed by atoms with E-state index in [0.717, 1.165) is 36.8 Å². The highest BCUT2D eigenvalue weighted by Gasteiger charge is 2.51. The fraction of sp³-hybridized carbons (Fsp3) is 0.659. The molecule has 2 aromatic rings. The lowest BCUT2D eigenvalue weighted by molar-refractivity contribution is -0.177. The lowest BCUT2D eigenvalue weighted by atomic mass is 9.76. The van der Waals surface area contributed by atoms with Crippen LogP contribution in [0.2, 0.25) is 0 Å². The summed E-state index contributed by atoms with van der Waals surface area (Å²) in [6, 6.07) is 19.6. The Bertz CT molecular complexity index is 1200. The molecule has 4 rings (SSSR count). The van der Waals surface area contributed by atoms with E-state index in [4.69, 9.17) is 9.47 Å². The number of esters is 2. The van der Waals surface area contributed by atoms with Crippen LogP contribution in [-0.2, 0) is 31.9 Å². The number of ether oxygens (including phenoxy) is 2. The van der Waals surface area contributed by atoms with Crippen molar-refractivity contribution in [2.24, 2.45) is 5.41 Å². The third kappa shape index (κ3) is 8.48. The van der Waals surface area contributed by atoms with Gasteiger partial charge in [-0.25, -0.2) is 0 Å². The monoisotopic (exact) mass is 646 g/mol. The van der Waals surface area contributed by atoms with E-state index in [0.29, 0.717) is 0 Å². The van der Waals surface area contributed by atoms with Gasteiger partial charge in [0, 0.05) is 34.2 Å². The van der Waals surface area contributed by atoms with Gasteiger partial charge in [-0.2, -0.15) is 0 Å². The molecule has 0 bridgehead atoms. The smallest absolute Gasteiger partial charge is 0.324 e. The van der Waals surface area contributed by atoms with Crippen LogP contribution in [0.5, 0.6) is 0 Å². The second-order valence-electron chi connectivity index (χ2n) is 17.0. The summed E-state index contributed by atoms with van der Waals surface area (Å²) in [7, 11) is 0. The van der Waals surface area contributed by atoms with Crippen molar-refractivity contribution in [2.75, 3.05) is 13.2 Å². The van der Waals surface area contributed by atoms with Crippen LogP contribution in [-0.4, -0.2) is 69.2 Å². The number of nitrogens with zero attached hydrogens (tertiary/aromatic N) is 2. The van der Waals surface area contributed by atoms with Crippen LogP contribution < -0.4 is 0 Å². The van der Waals surface area contributed by atoms with Gasteiger partial charge in [-0.15, -0.1) is 0 Å². The average molecular weight is 647 g/mol. The predicted molar refractivity (Wildman–Crippen MR) is 191 cm³/mol. The molecule has 47 heavy (non-hydrogen) atoms. The molecule has 2 unspecified atom stereocenters. The molecule has 2 atom stereocenters. The first-order valence-corrected chi connectivity index (χ1v) is 17.9. The minimum Gasteiger partial charge on any atom is -0.463 e. The molecule has 0 amide bonds. The Hall–Kier alpha value is -2.70. The van der Waals surface area contributed by atoms with Crippen molar-refractivity contribution in [1.82, 2.24) is 9.80 Å². The van der Waals surface area contributed by atoms with Crippen molar-refractivity contribution in [3.8, 4) is 0 Å². The quantitative estimate of drug-likeness (QED) is 0.171. The summed E-state index contributed by atoms with van der Waals surface area (Å²) in [6.07, 6.45) is 7.12. The van der Waals surface area contributed by atoms with Gasteiger partial charge in [0.25, 0.3) is 0 Å². The summed E-state index contributed by atoms with van der Waals surface area (Å²) < 4.78 is 12.5. The minimum atomic E-state index is -1.54. The van der Waals surface area contributed by atoms with Crippen molar-refractivity contribution in [3.63, 3.8) is 0 Å². The highest BCUT2D eigenvalue weighted by atomic mass is 16.6. The summed E-state index contributed by atoms with van der Waals surface area (Å²) in [6.45, 7) is 22.9. The molecular formula is C41H62N2O4. The van der Waals surface area contributed by atoms with E-state index in [2.05, 4.69) is 79.0 Å². The number of hydrogen-bond donors (Lipinski definition) is 0. The molecule has 0 aliphatic carbocycles. The third-order valence-electron chi connectivity index (χ3n) is 11.0. The number of hydrogen-bond acceptors (Lipinski definition) is 6. The molecule has 0 saturated carbocycles. The van der Waals surface area contributed by atoms with Gasteiger partial charge >= 0.3 is 11.9 Å². The maximum absolute atomic E-state index is 14.6. The van der Waals surface area contributed by atoms with E-state index < -0.39 is 17.4 Å². The Morgan fingerprint density at radius 2 is 0.894 bits per heavy atom.